The molecule has 0 saturated heterocycles. The van der Waals surface area contributed by atoms with Crippen LogP contribution in [0.4, 0.5) is 0 Å². The maximum absolute atomic E-state index is 10.8. The average Bonchev–Trinajstić information content (AvgIpc) is 2.77. The molecule has 0 amide bonds. The minimum atomic E-state index is -0.304. The van der Waals surface area contributed by atoms with Gasteiger partial charge in [-0.2, -0.15) is 0 Å². The fourth-order valence-corrected chi connectivity index (χ4v) is 1.86. The number of carbonyl (C=O) groups is 1. The highest BCUT2D eigenvalue weighted by Crippen LogP contribution is 2.15. The van der Waals surface area contributed by atoms with Gasteiger partial charge in [-0.05, 0) is 28.1 Å². The van der Waals surface area contributed by atoms with Crippen molar-refractivity contribution in [1.82, 2.24) is 14.5 Å². The van der Waals surface area contributed by atoms with E-state index in [1.807, 2.05) is 16.7 Å². The number of imidazole rings is 1. The first-order chi connectivity index (χ1) is 8.66. The molecule has 0 saturated carbocycles. The normalized spacial score (nSPS) is 10.3. The molecule has 2 aromatic rings. The van der Waals surface area contributed by atoms with Gasteiger partial charge >= 0.3 is 5.97 Å². The Balaban J connectivity index is 2.12. The number of carbonyl (C=O) groups excluding carboxylic acids is 1. The SMILES string of the molecule is CC(=O)OCc1cncn1Cc1ncccc1Br. The molecule has 94 valence electrons. The number of pyridine rings is 1. The van der Waals surface area contributed by atoms with Crippen molar-refractivity contribution in [1.29, 1.82) is 0 Å². The molecule has 0 aliphatic heterocycles. The van der Waals surface area contributed by atoms with Crippen molar-refractivity contribution in [3.63, 3.8) is 0 Å². The van der Waals surface area contributed by atoms with E-state index in [0.29, 0.717) is 6.54 Å². The summed E-state index contributed by atoms with van der Waals surface area (Å²) in [6, 6.07) is 3.80. The molecule has 0 spiro atoms. The minimum Gasteiger partial charge on any atom is -0.459 e. The monoisotopic (exact) mass is 309 g/mol. The fraction of sp³-hybridized carbons (Fsp3) is 0.250. The number of aromatic nitrogens is 3. The molecular formula is C12H12BrN3O2. The van der Waals surface area contributed by atoms with E-state index < -0.39 is 0 Å². The van der Waals surface area contributed by atoms with Gasteiger partial charge in [-0.3, -0.25) is 9.78 Å². The Kier molecular flexibility index (Phi) is 4.09. The van der Waals surface area contributed by atoms with Crippen LogP contribution in [-0.2, 0) is 22.7 Å². The second-order valence-electron chi connectivity index (χ2n) is 3.73. The summed E-state index contributed by atoms with van der Waals surface area (Å²) in [5, 5.41) is 0. The van der Waals surface area contributed by atoms with E-state index in [1.54, 1.807) is 18.7 Å². The molecule has 2 rings (SSSR count). The number of hydrogen-bond donors (Lipinski definition) is 0. The summed E-state index contributed by atoms with van der Waals surface area (Å²) in [6.45, 7) is 2.19. The van der Waals surface area contributed by atoms with Crippen molar-refractivity contribution >= 4 is 21.9 Å². The summed E-state index contributed by atoms with van der Waals surface area (Å²) < 4.78 is 7.80. The van der Waals surface area contributed by atoms with E-state index in [2.05, 4.69) is 25.9 Å². The predicted octanol–water partition coefficient (Wildman–Crippen LogP) is 2.15. The standard InChI is InChI=1S/C12H12BrN3O2/c1-9(17)18-7-10-5-14-8-16(10)6-12-11(13)3-2-4-15-12/h2-5,8H,6-7H2,1H3. The van der Waals surface area contributed by atoms with Gasteiger partial charge in [0.2, 0.25) is 0 Å². The number of rotatable bonds is 4. The average molecular weight is 310 g/mol. The lowest BCUT2D eigenvalue weighted by atomic mass is 10.3. The van der Waals surface area contributed by atoms with Crippen molar-refractivity contribution in [2.45, 2.75) is 20.1 Å². The summed E-state index contributed by atoms with van der Waals surface area (Å²) in [5.41, 5.74) is 1.74. The fourth-order valence-electron chi connectivity index (χ4n) is 1.48. The van der Waals surface area contributed by atoms with Crippen molar-refractivity contribution in [2.24, 2.45) is 0 Å². The topological polar surface area (TPSA) is 57.0 Å². The van der Waals surface area contributed by atoms with E-state index in [0.717, 1.165) is 15.9 Å². The molecule has 0 atom stereocenters. The Bertz CT molecular complexity index is 554. The second kappa shape index (κ2) is 5.77. The highest BCUT2D eigenvalue weighted by Gasteiger charge is 2.07. The third kappa shape index (κ3) is 3.16. The second-order valence-corrected chi connectivity index (χ2v) is 4.58. The molecule has 6 heteroatoms. The van der Waals surface area contributed by atoms with Crippen LogP contribution in [0.15, 0.2) is 35.3 Å². The number of nitrogens with zero attached hydrogens (tertiary/aromatic N) is 3. The van der Waals surface area contributed by atoms with Crippen LogP contribution in [-0.4, -0.2) is 20.5 Å². The molecule has 2 aromatic heterocycles. The summed E-state index contributed by atoms with van der Waals surface area (Å²) in [7, 11) is 0. The molecule has 5 nitrogen and oxygen atoms in total. The molecule has 0 bridgehead atoms. The van der Waals surface area contributed by atoms with Crippen LogP contribution in [0.25, 0.3) is 0 Å². The Hall–Kier alpha value is -1.69. The summed E-state index contributed by atoms with van der Waals surface area (Å²) in [5.74, 6) is -0.304. The van der Waals surface area contributed by atoms with Crippen LogP contribution in [0.1, 0.15) is 18.3 Å². The van der Waals surface area contributed by atoms with Gasteiger partial charge in [0.15, 0.2) is 0 Å². The molecule has 0 N–H and O–H groups in total. The maximum atomic E-state index is 10.8. The smallest absolute Gasteiger partial charge is 0.303 e. The lowest BCUT2D eigenvalue weighted by molar-refractivity contribution is -0.142. The van der Waals surface area contributed by atoms with Crippen LogP contribution < -0.4 is 0 Å². The molecule has 2 heterocycles. The van der Waals surface area contributed by atoms with Crippen LogP contribution in [0.3, 0.4) is 0 Å². The highest BCUT2D eigenvalue weighted by molar-refractivity contribution is 9.10. The minimum absolute atomic E-state index is 0.222. The largest absolute Gasteiger partial charge is 0.459 e. The number of hydrogen-bond acceptors (Lipinski definition) is 4. The van der Waals surface area contributed by atoms with Gasteiger partial charge in [0.25, 0.3) is 0 Å². The zero-order valence-corrected chi connectivity index (χ0v) is 11.4. The van der Waals surface area contributed by atoms with Gasteiger partial charge in [-0.15, -0.1) is 0 Å². The van der Waals surface area contributed by atoms with Crippen molar-refractivity contribution in [2.75, 3.05) is 0 Å². The predicted molar refractivity (Wildman–Crippen MR) is 68.7 cm³/mol. The lowest BCUT2D eigenvalue weighted by Crippen LogP contribution is -2.08. The van der Waals surface area contributed by atoms with Crippen molar-refractivity contribution < 1.29 is 9.53 Å². The van der Waals surface area contributed by atoms with Crippen molar-refractivity contribution in [3.05, 3.63) is 46.7 Å². The molecule has 18 heavy (non-hydrogen) atoms. The lowest BCUT2D eigenvalue weighted by Gasteiger charge is -2.08. The van der Waals surface area contributed by atoms with Crippen LogP contribution >= 0.6 is 15.9 Å². The molecule has 0 radical (unpaired) electrons. The summed E-state index contributed by atoms with van der Waals surface area (Å²) >= 11 is 3.45. The zero-order chi connectivity index (χ0) is 13.0. The summed E-state index contributed by atoms with van der Waals surface area (Å²) in [4.78, 5) is 19.1. The summed E-state index contributed by atoms with van der Waals surface area (Å²) in [6.07, 6.45) is 5.11. The Morgan fingerprint density at radius 3 is 3.11 bits per heavy atom. The molecular weight excluding hydrogens is 298 g/mol. The third-order valence-corrected chi connectivity index (χ3v) is 3.10. The molecule has 0 fully saturated rings. The van der Waals surface area contributed by atoms with Gasteiger partial charge < -0.3 is 9.30 Å². The van der Waals surface area contributed by atoms with E-state index in [-0.39, 0.29) is 12.6 Å². The number of esters is 1. The first-order valence-electron chi connectivity index (χ1n) is 5.38. The molecule has 0 unspecified atom stereocenters. The molecule has 0 aliphatic rings. The number of ether oxygens (including phenoxy) is 1. The first-order valence-corrected chi connectivity index (χ1v) is 6.18. The van der Waals surface area contributed by atoms with E-state index >= 15 is 0 Å². The van der Waals surface area contributed by atoms with E-state index in [9.17, 15) is 4.79 Å². The van der Waals surface area contributed by atoms with Gasteiger partial charge in [-0.25, -0.2) is 4.98 Å². The maximum Gasteiger partial charge on any atom is 0.303 e. The molecule has 0 aliphatic carbocycles. The Morgan fingerprint density at radius 2 is 2.39 bits per heavy atom. The Labute approximate surface area is 113 Å². The van der Waals surface area contributed by atoms with Crippen LogP contribution in [0.2, 0.25) is 0 Å². The van der Waals surface area contributed by atoms with Crippen molar-refractivity contribution in [3.8, 4) is 0 Å². The zero-order valence-electron chi connectivity index (χ0n) is 9.84. The first kappa shape index (κ1) is 12.8. The van der Waals surface area contributed by atoms with Gasteiger partial charge in [-0.1, -0.05) is 0 Å². The molecule has 0 aromatic carbocycles. The third-order valence-electron chi connectivity index (χ3n) is 2.38. The number of halogens is 1. The van der Waals surface area contributed by atoms with E-state index in [1.165, 1.54) is 6.92 Å². The van der Waals surface area contributed by atoms with Gasteiger partial charge in [0.05, 0.1) is 30.5 Å². The Morgan fingerprint density at radius 1 is 1.56 bits per heavy atom. The van der Waals surface area contributed by atoms with Gasteiger partial charge in [0, 0.05) is 17.6 Å². The highest BCUT2D eigenvalue weighted by atomic mass is 79.9. The van der Waals surface area contributed by atoms with Crippen LogP contribution in [0.5, 0.6) is 0 Å². The van der Waals surface area contributed by atoms with E-state index in [4.69, 9.17) is 4.74 Å². The quantitative estimate of drug-likeness (QED) is 0.812. The van der Waals surface area contributed by atoms with Crippen LogP contribution in [0, 0.1) is 0 Å². The van der Waals surface area contributed by atoms with Gasteiger partial charge in [0.1, 0.15) is 6.61 Å².